The van der Waals surface area contributed by atoms with E-state index in [1.54, 1.807) is 41.6 Å². The van der Waals surface area contributed by atoms with Gasteiger partial charge in [0.1, 0.15) is 5.76 Å². The van der Waals surface area contributed by atoms with Gasteiger partial charge in [0.25, 0.3) is 11.8 Å². The molecule has 0 fully saturated rings. The molecule has 0 aliphatic rings. The number of carbonyl (C=O) groups is 1. The number of nitrogens with zero attached hydrogens (tertiary/aromatic N) is 3. The van der Waals surface area contributed by atoms with Crippen molar-refractivity contribution < 1.29 is 13.7 Å². The first-order valence-electron chi connectivity index (χ1n) is 8.44. The lowest BCUT2D eigenvalue weighted by atomic mass is 10.1. The molecule has 27 heavy (non-hydrogen) atoms. The molecule has 0 aliphatic heterocycles. The van der Waals surface area contributed by atoms with Crippen LogP contribution in [0.25, 0.3) is 11.5 Å². The third kappa shape index (κ3) is 3.98. The summed E-state index contributed by atoms with van der Waals surface area (Å²) in [6, 6.07) is 14.9. The van der Waals surface area contributed by atoms with Crippen LogP contribution < -0.4 is 0 Å². The Kier molecular flexibility index (Phi) is 4.84. The molecule has 0 spiro atoms. The summed E-state index contributed by atoms with van der Waals surface area (Å²) < 4.78 is 10.6. The third-order valence-electron chi connectivity index (χ3n) is 4.05. The highest BCUT2D eigenvalue weighted by atomic mass is 32.1. The minimum absolute atomic E-state index is 0.0620. The Morgan fingerprint density at radius 2 is 1.96 bits per heavy atom. The number of amides is 1. The van der Waals surface area contributed by atoms with Crippen molar-refractivity contribution in [2.45, 2.75) is 20.0 Å². The van der Waals surface area contributed by atoms with Crippen LogP contribution in [-0.2, 0) is 13.1 Å². The highest BCUT2D eigenvalue weighted by molar-refractivity contribution is 7.09. The first kappa shape index (κ1) is 17.2. The highest BCUT2D eigenvalue weighted by Crippen LogP contribution is 2.21. The number of carbonyl (C=O) groups excluding carboxylic acids is 1. The third-order valence-corrected chi connectivity index (χ3v) is 4.91. The Morgan fingerprint density at radius 1 is 1.11 bits per heavy atom. The minimum atomic E-state index is -0.0620. The lowest BCUT2D eigenvalue weighted by Crippen LogP contribution is -2.29. The zero-order valence-electron chi connectivity index (χ0n) is 14.7. The summed E-state index contributed by atoms with van der Waals surface area (Å²) in [5.41, 5.74) is 1.38. The summed E-state index contributed by atoms with van der Waals surface area (Å²) in [7, 11) is 0. The molecule has 0 aliphatic carbocycles. The quantitative estimate of drug-likeness (QED) is 0.492. The van der Waals surface area contributed by atoms with Gasteiger partial charge in [-0.05, 0) is 54.8 Å². The standard InChI is InChI=1S/C20H17N3O3S/c1-14-21-19(26-22-14)15-6-8-16(9-7-15)20(24)23(12-17-4-2-10-25-17)13-18-5-3-11-27-18/h2-11H,12-13H2,1H3. The van der Waals surface area contributed by atoms with E-state index in [-0.39, 0.29) is 5.91 Å². The van der Waals surface area contributed by atoms with Crippen LogP contribution in [0.1, 0.15) is 26.8 Å². The van der Waals surface area contributed by atoms with Crippen LogP contribution in [0.2, 0.25) is 0 Å². The molecule has 7 heteroatoms. The molecule has 3 heterocycles. The second-order valence-corrected chi connectivity index (χ2v) is 7.08. The molecule has 0 bridgehead atoms. The molecule has 1 aromatic carbocycles. The van der Waals surface area contributed by atoms with Crippen LogP contribution in [0.4, 0.5) is 0 Å². The predicted octanol–water partition coefficient (Wildman–Crippen LogP) is 4.54. The lowest BCUT2D eigenvalue weighted by Gasteiger charge is -2.21. The van der Waals surface area contributed by atoms with Crippen LogP contribution >= 0.6 is 11.3 Å². The monoisotopic (exact) mass is 379 g/mol. The van der Waals surface area contributed by atoms with E-state index in [0.29, 0.717) is 30.4 Å². The Balaban J connectivity index is 1.56. The fraction of sp³-hybridized carbons (Fsp3) is 0.150. The smallest absolute Gasteiger partial charge is 0.257 e. The fourth-order valence-electron chi connectivity index (χ4n) is 2.73. The molecule has 0 saturated carbocycles. The van der Waals surface area contributed by atoms with Gasteiger partial charge in [-0.3, -0.25) is 4.79 Å². The Hall–Kier alpha value is -3.19. The summed E-state index contributed by atoms with van der Waals surface area (Å²) in [6.45, 7) is 2.71. The van der Waals surface area contributed by atoms with Gasteiger partial charge in [0.2, 0.25) is 0 Å². The second kappa shape index (κ2) is 7.59. The molecular weight excluding hydrogens is 362 g/mol. The SMILES string of the molecule is Cc1noc(-c2ccc(C(=O)N(Cc3ccco3)Cc3cccs3)cc2)n1. The summed E-state index contributed by atoms with van der Waals surface area (Å²) in [6.07, 6.45) is 1.62. The van der Waals surface area contributed by atoms with Gasteiger partial charge in [-0.25, -0.2) is 0 Å². The normalized spacial score (nSPS) is 10.9. The maximum atomic E-state index is 13.1. The van der Waals surface area contributed by atoms with Gasteiger partial charge in [-0.2, -0.15) is 4.98 Å². The van der Waals surface area contributed by atoms with Crippen LogP contribution in [0.15, 0.2) is 69.1 Å². The van der Waals surface area contributed by atoms with E-state index < -0.39 is 0 Å². The van der Waals surface area contributed by atoms with E-state index in [9.17, 15) is 4.79 Å². The van der Waals surface area contributed by atoms with Gasteiger partial charge >= 0.3 is 0 Å². The van der Waals surface area contributed by atoms with Crippen LogP contribution in [0.5, 0.6) is 0 Å². The van der Waals surface area contributed by atoms with Gasteiger partial charge in [0, 0.05) is 16.0 Å². The number of aromatic nitrogens is 2. The number of aryl methyl sites for hydroxylation is 1. The molecule has 0 radical (unpaired) electrons. The largest absolute Gasteiger partial charge is 0.467 e. The van der Waals surface area contributed by atoms with E-state index >= 15 is 0 Å². The first-order chi connectivity index (χ1) is 13.2. The van der Waals surface area contributed by atoms with Gasteiger partial charge in [-0.1, -0.05) is 11.2 Å². The minimum Gasteiger partial charge on any atom is -0.467 e. The topological polar surface area (TPSA) is 72.4 Å². The highest BCUT2D eigenvalue weighted by Gasteiger charge is 2.19. The molecule has 0 N–H and O–H groups in total. The molecule has 0 atom stereocenters. The number of hydrogen-bond donors (Lipinski definition) is 0. The molecule has 6 nitrogen and oxygen atoms in total. The van der Waals surface area contributed by atoms with Crippen molar-refractivity contribution >= 4 is 17.2 Å². The first-order valence-corrected chi connectivity index (χ1v) is 9.32. The van der Waals surface area contributed by atoms with Gasteiger partial charge in [-0.15, -0.1) is 11.3 Å². The van der Waals surface area contributed by atoms with Crippen molar-refractivity contribution in [1.29, 1.82) is 0 Å². The summed E-state index contributed by atoms with van der Waals surface area (Å²) in [5.74, 6) is 1.70. The molecular formula is C20H17N3O3S. The van der Waals surface area contributed by atoms with Crippen LogP contribution in [-0.4, -0.2) is 20.9 Å². The van der Waals surface area contributed by atoms with Crippen molar-refractivity contribution in [3.05, 3.63) is 82.2 Å². The second-order valence-electron chi connectivity index (χ2n) is 6.04. The van der Waals surface area contributed by atoms with Gasteiger partial charge in [0.15, 0.2) is 5.82 Å². The molecule has 4 aromatic rings. The summed E-state index contributed by atoms with van der Waals surface area (Å²) in [5, 5.41) is 5.80. The van der Waals surface area contributed by atoms with Crippen molar-refractivity contribution in [1.82, 2.24) is 15.0 Å². The number of furan rings is 1. The van der Waals surface area contributed by atoms with Crippen molar-refractivity contribution in [2.24, 2.45) is 0 Å². The van der Waals surface area contributed by atoms with Gasteiger partial charge < -0.3 is 13.8 Å². The van der Waals surface area contributed by atoms with E-state index in [0.717, 1.165) is 16.2 Å². The average Bonchev–Trinajstić information content (AvgIpc) is 3.44. The number of rotatable bonds is 6. The zero-order valence-corrected chi connectivity index (χ0v) is 15.5. The number of hydrogen-bond acceptors (Lipinski definition) is 6. The molecule has 0 unspecified atom stereocenters. The van der Waals surface area contributed by atoms with Crippen molar-refractivity contribution in [3.63, 3.8) is 0 Å². The van der Waals surface area contributed by atoms with E-state index in [4.69, 9.17) is 8.94 Å². The zero-order chi connectivity index (χ0) is 18.6. The average molecular weight is 379 g/mol. The molecule has 4 rings (SSSR count). The number of thiophene rings is 1. The van der Waals surface area contributed by atoms with E-state index in [2.05, 4.69) is 10.1 Å². The molecule has 0 saturated heterocycles. The Labute approximate surface area is 160 Å². The van der Waals surface area contributed by atoms with Gasteiger partial charge in [0.05, 0.1) is 19.4 Å². The fourth-order valence-corrected chi connectivity index (χ4v) is 3.45. The maximum absolute atomic E-state index is 13.1. The van der Waals surface area contributed by atoms with Crippen molar-refractivity contribution in [2.75, 3.05) is 0 Å². The van der Waals surface area contributed by atoms with Crippen LogP contribution in [0.3, 0.4) is 0 Å². The summed E-state index contributed by atoms with van der Waals surface area (Å²) >= 11 is 1.63. The van der Waals surface area contributed by atoms with E-state index in [1.807, 2.05) is 41.8 Å². The Bertz CT molecular complexity index is 969. The summed E-state index contributed by atoms with van der Waals surface area (Å²) in [4.78, 5) is 20.2. The molecule has 136 valence electrons. The van der Waals surface area contributed by atoms with E-state index in [1.165, 1.54) is 0 Å². The van der Waals surface area contributed by atoms with Crippen molar-refractivity contribution in [3.8, 4) is 11.5 Å². The Morgan fingerprint density at radius 3 is 2.59 bits per heavy atom. The predicted molar refractivity (Wildman–Crippen MR) is 101 cm³/mol. The molecule has 1 amide bonds. The maximum Gasteiger partial charge on any atom is 0.257 e. The number of benzene rings is 1. The molecule has 3 aromatic heterocycles. The van der Waals surface area contributed by atoms with Crippen LogP contribution in [0, 0.1) is 6.92 Å². The lowest BCUT2D eigenvalue weighted by molar-refractivity contribution is 0.0719.